The molecule has 2 heterocycles. The molecule has 0 fully saturated rings. The smallest absolute Gasteiger partial charge is 0.416 e. The number of carbonyl (C=O) groups excluding carboxylic acids is 2. The van der Waals surface area contributed by atoms with E-state index in [2.05, 4.69) is 32.0 Å². The molecule has 43 heavy (non-hydrogen) atoms. The highest BCUT2D eigenvalue weighted by Crippen LogP contribution is 2.35. The van der Waals surface area contributed by atoms with Crippen LogP contribution in [0.1, 0.15) is 82.4 Å². The highest BCUT2D eigenvalue weighted by Gasteiger charge is 2.33. The van der Waals surface area contributed by atoms with E-state index >= 15 is 0 Å². The van der Waals surface area contributed by atoms with Crippen LogP contribution in [0.3, 0.4) is 0 Å². The Morgan fingerprint density at radius 1 is 0.953 bits per heavy atom. The third kappa shape index (κ3) is 8.44. The molecule has 0 saturated heterocycles. The second-order valence-electron chi connectivity index (χ2n) is 10.4. The Bertz CT molecular complexity index is 1680. The molecule has 0 saturated carbocycles. The number of methoxy groups -OCH3 is 1. The maximum atomic E-state index is 13.9. The van der Waals surface area contributed by atoms with Crippen LogP contribution in [0.4, 0.5) is 18.9 Å². The summed E-state index contributed by atoms with van der Waals surface area (Å²) in [6.45, 7) is 3.78. The number of fused-ring (bicyclic) bond motifs is 1. The first-order chi connectivity index (χ1) is 20.5. The predicted octanol–water partition coefficient (Wildman–Crippen LogP) is 7.07. The molecule has 4 aromatic rings. The number of benzene rings is 2. The van der Waals surface area contributed by atoms with Gasteiger partial charge in [0, 0.05) is 23.2 Å². The van der Waals surface area contributed by atoms with Crippen LogP contribution in [0.2, 0.25) is 0 Å². The minimum absolute atomic E-state index is 0.0594. The van der Waals surface area contributed by atoms with Crippen LogP contribution >= 0.6 is 0 Å². The van der Waals surface area contributed by atoms with Crippen molar-refractivity contribution in [1.29, 1.82) is 0 Å². The lowest BCUT2D eigenvalue weighted by molar-refractivity contribution is -0.141. The number of ether oxygens (including phenoxy) is 1. The van der Waals surface area contributed by atoms with Gasteiger partial charge in [0.1, 0.15) is 5.69 Å². The first-order valence-electron chi connectivity index (χ1n) is 14.1. The first kappa shape index (κ1) is 31.3. The molecule has 0 spiro atoms. The molecule has 2 aromatic carbocycles. The molecule has 1 amide bonds. The number of hydrogen-bond acceptors (Lipinski definition) is 5. The summed E-state index contributed by atoms with van der Waals surface area (Å²) in [7, 11) is 1.34. The number of nitrogens with one attached hydrogen (secondary N) is 1. The Kier molecular flexibility index (Phi) is 10.2. The van der Waals surface area contributed by atoms with E-state index in [0.717, 1.165) is 36.5 Å². The van der Waals surface area contributed by atoms with Gasteiger partial charge >= 0.3 is 12.1 Å². The fraction of sp³-hybridized carbons (Fsp3) is 0.333. The van der Waals surface area contributed by atoms with Crippen molar-refractivity contribution in [3.05, 3.63) is 93.9 Å². The summed E-state index contributed by atoms with van der Waals surface area (Å²) in [6, 6.07) is 10.8. The average Bonchev–Trinajstić information content (AvgIpc) is 3.37. The number of aromatic nitrogens is 3. The minimum atomic E-state index is -4.56. The van der Waals surface area contributed by atoms with Crippen molar-refractivity contribution in [3.8, 4) is 11.8 Å². The number of imidazole rings is 1. The number of aryl methyl sites for hydroxylation is 3. The van der Waals surface area contributed by atoms with Crippen molar-refractivity contribution in [2.75, 3.05) is 12.4 Å². The largest absolute Gasteiger partial charge is 0.469 e. The number of alkyl halides is 3. The van der Waals surface area contributed by atoms with E-state index < -0.39 is 17.6 Å². The highest BCUT2D eigenvalue weighted by atomic mass is 19.4. The quantitative estimate of drug-likeness (QED) is 0.121. The normalized spacial score (nSPS) is 11.2. The molecule has 2 aromatic heterocycles. The summed E-state index contributed by atoms with van der Waals surface area (Å²) in [5, 5.41) is 6.93. The second-order valence-corrected chi connectivity index (χ2v) is 10.4. The molecule has 0 atom stereocenters. The average molecular weight is 591 g/mol. The molecular formula is C33H33F3N4O3. The van der Waals surface area contributed by atoms with E-state index in [-0.39, 0.29) is 29.2 Å². The highest BCUT2D eigenvalue weighted by molar-refractivity contribution is 6.04. The SMILES string of the molecule is COC(=O)CCCCCCCc1ccc(NC(=O)c2ccc(C)c(C#Cc3cnc4cc(C)cnn34)c2)cc1C(F)(F)F. The molecule has 0 aliphatic carbocycles. The van der Waals surface area contributed by atoms with Crippen molar-refractivity contribution < 1.29 is 27.5 Å². The molecule has 1 N–H and O–H groups in total. The Morgan fingerprint density at radius 2 is 1.72 bits per heavy atom. The van der Waals surface area contributed by atoms with E-state index in [1.165, 1.54) is 19.2 Å². The number of nitrogens with zero attached hydrogens (tertiary/aromatic N) is 3. The van der Waals surface area contributed by atoms with Crippen LogP contribution < -0.4 is 5.32 Å². The number of hydrogen-bond donors (Lipinski definition) is 1. The zero-order valence-corrected chi connectivity index (χ0v) is 24.3. The summed E-state index contributed by atoms with van der Waals surface area (Å²) in [4.78, 5) is 28.5. The van der Waals surface area contributed by atoms with E-state index in [9.17, 15) is 22.8 Å². The van der Waals surface area contributed by atoms with Gasteiger partial charge in [0.15, 0.2) is 5.65 Å². The standard InChI is InChI=1S/C33H33F3N4O3/c1-22-17-30-37-21-28(40(30)38-20-22)16-14-25-18-26(12-11-23(25)2)32(42)39-27-15-13-24(29(19-27)33(34,35)36)9-7-5-4-6-8-10-31(41)43-3/h11-13,15,17-21H,4-10H2,1-3H3,(H,39,42). The van der Waals surface area contributed by atoms with Crippen LogP contribution in [-0.2, 0) is 22.1 Å². The van der Waals surface area contributed by atoms with Crippen molar-refractivity contribution in [1.82, 2.24) is 14.6 Å². The molecule has 0 radical (unpaired) electrons. The van der Waals surface area contributed by atoms with Gasteiger partial charge in [-0.15, -0.1) is 0 Å². The summed E-state index contributed by atoms with van der Waals surface area (Å²) < 4.78 is 48.0. The number of esters is 1. The van der Waals surface area contributed by atoms with Gasteiger partial charge in [0.2, 0.25) is 0 Å². The van der Waals surface area contributed by atoms with E-state index in [1.54, 1.807) is 35.1 Å². The number of amides is 1. The van der Waals surface area contributed by atoms with E-state index in [4.69, 9.17) is 0 Å². The summed E-state index contributed by atoms with van der Waals surface area (Å²) in [6.07, 6.45) is 3.06. The number of anilines is 1. The van der Waals surface area contributed by atoms with Crippen LogP contribution in [0.15, 0.2) is 54.9 Å². The number of carbonyl (C=O) groups is 2. The van der Waals surface area contributed by atoms with Gasteiger partial charge < -0.3 is 10.1 Å². The number of unbranched alkanes of at least 4 members (excludes halogenated alkanes) is 4. The molecule has 4 rings (SSSR count). The van der Waals surface area contributed by atoms with Crippen LogP contribution in [0, 0.1) is 25.7 Å². The van der Waals surface area contributed by atoms with Gasteiger partial charge in [0.05, 0.1) is 25.1 Å². The topological polar surface area (TPSA) is 85.6 Å². The van der Waals surface area contributed by atoms with Crippen molar-refractivity contribution in [2.24, 2.45) is 0 Å². The number of rotatable bonds is 10. The van der Waals surface area contributed by atoms with Crippen molar-refractivity contribution >= 4 is 23.2 Å². The lowest BCUT2D eigenvalue weighted by Gasteiger charge is -2.15. The van der Waals surface area contributed by atoms with Gasteiger partial charge in [-0.1, -0.05) is 37.3 Å². The van der Waals surface area contributed by atoms with E-state index in [1.807, 2.05) is 19.9 Å². The zero-order chi connectivity index (χ0) is 31.0. The van der Waals surface area contributed by atoms with Gasteiger partial charge in [-0.05, 0) is 86.1 Å². The maximum Gasteiger partial charge on any atom is 0.416 e. The lowest BCUT2D eigenvalue weighted by atomic mass is 9.99. The monoisotopic (exact) mass is 590 g/mol. The Labute approximate surface area is 248 Å². The third-order valence-corrected chi connectivity index (χ3v) is 7.05. The van der Waals surface area contributed by atoms with Crippen molar-refractivity contribution in [2.45, 2.75) is 65.0 Å². The Morgan fingerprint density at radius 3 is 2.49 bits per heavy atom. The van der Waals surface area contributed by atoms with Gasteiger partial charge in [0.25, 0.3) is 5.91 Å². The molecule has 0 bridgehead atoms. The summed E-state index contributed by atoms with van der Waals surface area (Å²) >= 11 is 0. The lowest BCUT2D eigenvalue weighted by Crippen LogP contribution is -2.15. The van der Waals surface area contributed by atoms with Gasteiger partial charge in [-0.25, -0.2) is 9.50 Å². The van der Waals surface area contributed by atoms with Crippen LogP contribution in [0.5, 0.6) is 0 Å². The molecule has 10 heteroatoms. The fourth-order valence-corrected chi connectivity index (χ4v) is 4.64. The predicted molar refractivity (Wildman–Crippen MR) is 158 cm³/mol. The Hall–Kier alpha value is -4.65. The van der Waals surface area contributed by atoms with Crippen LogP contribution in [-0.4, -0.2) is 33.6 Å². The second kappa shape index (κ2) is 14.0. The summed E-state index contributed by atoms with van der Waals surface area (Å²) in [5.41, 5.74) is 3.43. The third-order valence-electron chi connectivity index (χ3n) is 7.05. The Balaban J connectivity index is 1.42. The first-order valence-corrected chi connectivity index (χ1v) is 14.1. The van der Waals surface area contributed by atoms with Gasteiger partial charge in [-0.3, -0.25) is 9.59 Å². The zero-order valence-electron chi connectivity index (χ0n) is 24.3. The molecule has 0 aliphatic rings. The fourth-order valence-electron chi connectivity index (χ4n) is 4.64. The van der Waals surface area contributed by atoms with Crippen molar-refractivity contribution in [3.63, 3.8) is 0 Å². The molecule has 224 valence electrons. The molecule has 0 aliphatic heterocycles. The molecule has 0 unspecified atom stereocenters. The minimum Gasteiger partial charge on any atom is -0.469 e. The van der Waals surface area contributed by atoms with Crippen LogP contribution in [0.25, 0.3) is 5.65 Å². The molecule has 7 nitrogen and oxygen atoms in total. The number of halogens is 3. The maximum absolute atomic E-state index is 13.9. The van der Waals surface area contributed by atoms with Gasteiger partial charge in [-0.2, -0.15) is 18.3 Å². The summed E-state index contributed by atoms with van der Waals surface area (Å²) in [5.74, 6) is 5.30. The molecular weight excluding hydrogens is 557 g/mol. The van der Waals surface area contributed by atoms with E-state index in [0.29, 0.717) is 36.2 Å².